The number of rotatable bonds is 4. The highest BCUT2D eigenvalue weighted by molar-refractivity contribution is 4.98. The van der Waals surface area contributed by atoms with Gasteiger partial charge in [-0.25, -0.2) is 0 Å². The molecule has 0 aromatic carbocycles. The summed E-state index contributed by atoms with van der Waals surface area (Å²) in [6.45, 7) is 0.884. The smallest absolute Gasteiger partial charge is 0.105 e. The second kappa shape index (κ2) is 4.62. The van der Waals surface area contributed by atoms with Crippen LogP contribution in [0.2, 0.25) is 0 Å². The van der Waals surface area contributed by atoms with Crippen molar-refractivity contribution < 1.29 is 9.52 Å². The van der Waals surface area contributed by atoms with Gasteiger partial charge in [-0.1, -0.05) is 0 Å². The lowest BCUT2D eigenvalue weighted by Gasteiger charge is -2.15. The summed E-state index contributed by atoms with van der Waals surface area (Å²) >= 11 is 0. The molecule has 14 heavy (non-hydrogen) atoms. The molecule has 0 bridgehead atoms. The van der Waals surface area contributed by atoms with Crippen LogP contribution in [0.4, 0.5) is 0 Å². The molecule has 1 fully saturated rings. The van der Waals surface area contributed by atoms with E-state index in [0.29, 0.717) is 6.04 Å². The van der Waals surface area contributed by atoms with E-state index in [-0.39, 0.29) is 6.10 Å². The van der Waals surface area contributed by atoms with E-state index >= 15 is 0 Å². The summed E-state index contributed by atoms with van der Waals surface area (Å²) in [5.74, 6) is 1.00. The first-order valence-corrected chi connectivity index (χ1v) is 5.30. The zero-order chi connectivity index (χ0) is 9.80. The van der Waals surface area contributed by atoms with Crippen LogP contribution in [0.5, 0.6) is 0 Å². The molecule has 3 heteroatoms. The van der Waals surface area contributed by atoms with Gasteiger partial charge in [-0.05, 0) is 31.4 Å². The quantitative estimate of drug-likeness (QED) is 0.761. The van der Waals surface area contributed by atoms with Gasteiger partial charge < -0.3 is 14.8 Å². The van der Waals surface area contributed by atoms with E-state index in [9.17, 15) is 5.11 Å². The molecule has 0 saturated heterocycles. The Bertz CT molecular complexity index is 258. The fraction of sp³-hybridized carbons (Fsp3) is 0.636. The van der Waals surface area contributed by atoms with Gasteiger partial charge in [-0.3, -0.25) is 0 Å². The van der Waals surface area contributed by atoms with Crippen LogP contribution in [0.1, 0.15) is 25.0 Å². The standard InChI is InChI=1S/C11H17NO2/c13-11-5-1-4-10(11)12-7-6-9-3-2-8-14-9/h2-3,8,10-13H,1,4-7H2. The third-order valence-electron chi connectivity index (χ3n) is 2.84. The van der Waals surface area contributed by atoms with E-state index in [1.807, 2.05) is 12.1 Å². The molecule has 0 aliphatic heterocycles. The highest BCUT2D eigenvalue weighted by Crippen LogP contribution is 2.18. The molecule has 0 amide bonds. The number of aliphatic hydroxyl groups is 1. The lowest BCUT2D eigenvalue weighted by molar-refractivity contribution is 0.149. The average Bonchev–Trinajstić information content (AvgIpc) is 2.78. The molecule has 3 nitrogen and oxygen atoms in total. The van der Waals surface area contributed by atoms with Gasteiger partial charge in [0.25, 0.3) is 0 Å². The molecule has 2 N–H and O–H groups in total. The topological polar surface area (TPSA) is 45.4 Å². The summed E-state index contributed by atoms with van der Waals surface area (Å²) in [5, 5.41) is 12.9. The summed E-state index contributed by atoms with van der Waals surface area (Å²) in [6.07, 6.45) is 5.62. The van der Waals surface area contributed by atoms with Crippen molar-refractivity contribution in [2.24, 2.45) is 0 Å². The highest BCUT2D eigenvalue weighted by atomic mass is 16.3. The second-order valence-corrected chi connectivity index (χ2v) is 3.89. The van der Waals surface area contributed by atoms with Crippen molar-refractivity contribution in [1.82, 2.24) is 5.32 Å². The molecule has 2 unspecified atom stereocenters. The van der Waals surface area contributed by atoms with Gasteiger partial charge in [0.15, 0.2) is 0 Å². The number of furan rings is 1. The predicted molar refractivity (Wildman–Crippen MR) is 54.1 cm³/mol. The molecule has 1 aromatic rings. The van der Waals surface area contributed by atoms with E-state index in [1.54, 1.807) is 6.26 Å². The van der Waals surface area contributed by atoms with Crippen molar-refractivity contribution in [2.75, 3.05) is 6.54 Å². The average molecular weight is 195 g/mol. The van der Waals surface area contributed by atoms with Crippen LogP contribution in [0.3, 0.4) is 0 Å². The molecule has 2 rings (SSSR count). The third kappa shape index (κ3) is 2.36. The van der Waals surface area contributed by atoms with E-state index in [1.165, 1.54) is 0 Å². The Labute approximate surface area is 84.1 Å². The molecule has 78 valence electrons. The Kier molecular flexibility index (Phi) is 3.22. The van der Waals surface area contributed by atoms with Crippen LogP contribution in [-0.4, -0.2) is 23.8 Å². The molecule has 1 aliphatic carbocycles. The minimum atomic E-state index is -0.147. The maximum Gasteiger partial charge on any atom is 0.105 e. The first-order valence-electron chi connectivity index (χ1n) is 5.30. The minimum Gasteiger partial charge on any atom is -0.469 e. The van der Waals surface area contributed by atoms with Crippen molar-refractivity contribution in [2.45, 2.75) is 37.8 Å². The fourth-order valence-electron chi connectivity index (χ4n) is 2.01. The molecule has 1 aromatic heterocycles. The molecular formula is C11H17NO2. The van der Waals surface area contributed by atoms with Crippen LogP contribution in [0.15, 0.2) is 22.8 Å². The molecule has 1 saturated carbocycles. The van der Waals surface area contributed by atoms with E-state index < -0.39 is 0 Å². The summed E-state index contributed by atoms with van der Waals surface area (Å²) in [4.78, 5) is 0. The lowest BCUT2D eigenvalue weighted by atomic mass is 10.2. The maximum absolute atomic E-state index is 9.56. The van der Waals surface area contributed by atoms with Crippen LogP contribution >= 0.6 is 0 Å². The largest absolute Gasteiger partial charge is 0.469 e. The van der Waals surface area contributed by atoms with Crippen molar-refractivity contribution in [3.8, 4) is 0 Å². The number of hydrogen-bond donors (Lipinski definition) is 2. The monoisotopic (exact) mass is 195 g/mol. The molecule has 1 aliphatic rings. The lowest BCUT2D eigenvalue weighted by Crippen LogP contribution is -2.36. The van der Waals surface area contributed by atoms with Crippen molar-refractivity contribution in [1.29, 1.82) is 0 Å². The number of hydrogen-bond acceptors (Lipinski definition) is 3. The zero-order valence-corrected chi connectivity index (χ0v) is 8.28. The first-order chi connectivity index (χ1) is 6.86. The van der Waals surface area contributed by atoms with Crippen LogP contribution in [-0.2, 0) is 6.42 Å². The van der Waals surface area contributed by atoms with Crippen molar-refractivity contribution >= 4 is 0 Å². The number of aliphatic hydroxyl groups excluding tert-OH is 1. The predicted octanol–water partition coefficient (Wildman–Crippen LogP) is 1.33. The molecule has 2 atom stereocenters. The Morgan fingerprint density at radius 1 is 1.50 bits per heavy atom. The normalized spacial score (nSPS) is 26.9. The Hall–Kier alpha value is -0.800. The van der Waals surface area contributed by atoms with Gasteiger partial charge in [0.1, 0.15) is 5.76 Å². The van der Waals surface area contributed by atoms with Gasteiger partial charge >= 0.3 is 0 Å². The minimum absolute atomic E-state index is 0.147. The van der Waals surface area contributed by atoms with Gasteiger partial charge in [-0.2, -0.15) is 0 Å². The van der Waals surface area contributed by atoms with Gasteiger partial charge in [0.2, 0.25) is 0 Å². The number of nitrogens with one attached hydrogen (secondary N) is 1. The molecule has 1 heterocycles. The molecule has 0 radical (unpaired) electrons. The first kappa shape index (κ1) is 9.74. The Balaban J connectivity index is 1.68. The molecule has 0 spiro atoms. The van der Waals surface area contributed by atoms with Crippen LogP contribution < -0.4 is 5.32 Å². The third-order valence-corrected chi connectivity index (χ3v) is 2.84. The van der Waals surface area contributed by atoms with E-state index in [4.69, 9.17) is 4.42 Å². The summed E-state index contributed by atoms with van der Waals surface area (Å²) in [7, 11) is 0. The van der Waals surface area contributed by atoms with Crippen molar-refractivity contribution in [3.05, 3.63) is 24.2 Å². The zero-order valence-electron chi connectivity index (χ0n) is 8.28. The van der Waals surface area contributed by atoms with Crippen LogP contribution in [0, 0.1) is 0 Å². The van der Waals surface area contributed by atoms with Gasteiger partial charge in [0, 0.05) is 19.0 Å². The second-order valence-electron chi connectivity index (χ2n) is 3.89. The maximum atomic E-state index is 9.56. The molecular weight excluding hydrogens is 178 g/mol. The Morgan fingerprint density at radius 2 is 2.43 bits per heavy atom. The van der Waals surface area contributed by atoms with E-state index in [0.717, 1.165) is 38.0 Å². The van der Waals surface area contributed by atoms with Gasteiger partial charge in [-0.15, -0.1) is 0 Å². The van der Waals surface area contributed by atoms with Crippen LogP contribution in [0.25, 0.3) is 0 Å². The fourth-order valence-corrected chi connectivity index (χ4v) is 2.01. The summed E-state index contributed by atoms with van der Waals surface area (Å²) < 4.78 is 5.22. The highest BCUT2D eigenvalue weighted by Gasteiger charge is 2.23. The Morgan fingerprint density at radius 3 is 3.07 bits per heavy atom. The van der Waals surface area contributed by atoms with Gasteiger partial charge in [0.05, 0.1) is 12.4 Å². The summed E-state index contributed by atoms with van der Waals surface area (Å²) in [5.41, 5.74) is 0. The summed E-state index contributed by atoms with van der Waals surface area (Å²) in [6, 6.07) is 4.18. The van der Waals surface area contributed by atoms with E-state index in [2.05, 4.69) is 5.32 Å². The SMILES string of the molecule is OC1CCCC1NCCc1ccco1. The van der Waals surface area contributed by atoms with Crippen molar-refractivity contribution in [3.63, 3.8) is 0 Å².